The van der Waals surface area contributed by atoms with Crippen molar-refractivity contribution < 1.29 is 9.53 Å². The van der Waals surface area contributed by atoms with Gasteiger partial charge >= 0.3 is 6.03 Å². The summed E-state index contributed by atoms with van der Waals surface area (Å²) < 4.78 is 5.41. The molecule has 1 atom stereocenters. The zero-order valence-corrected chi connectivity index (χ0v) is 13.9. The number of carbonyl (C=O) groups is 1. The van der Waals surface area contributed by atoms with Crippen LogP contribution in [-0.2, 0) is 4.74 Å². The van der Waals surface area contributed by atoms with Crippen LogP contribution >= 0.6 is 0 Å². The highest BCUT2D eigenvalue weighted by atomic mass is 16.5. The summed E-state index contributed by atoms with van der Waals surface area (Å²) >= 11 is 0. The summed E-state index contributed by atoms with van der Waals surface area (Å²) in [5, 5.41) is 3.10. The van der Waals surface area contributed by atoms with Crippen LogP contribution in [0.5, 0.6) is 0 Å². The minimum absolute atomic E-state index is 0.0878. The smallest absolute Gasteiger partial charge is 0.317 e. The molecular formula is C17H31N3O2. The Bertz CT molecular complexity index is 389. The Morgan fingerprint density at radius 3 is 2.59 bits per heavy atom. The van der Waals surface area contributed by atoms with Crippen molar-refractivity contribution in [1.29, 1.82) is 0 Å². The molecule has 1 heterocycles. The first-order valence-corrected chi connectivity index (χ1v) is 8.94. The van der Waals surface area contributed by atoms with Crippen molar-refractivity contribution >= 4 is 6.03 Å². The van der Waals surface area contributed by atoms with Gasteiger partial charge in [0.15, 0.2) is 0 Å². The molecule has 0 aromatic carbocycles. The van der Waals surface area contributed by atoms with Crippen LogP contribution in [0.15, 0.2) is 0 Å². The average molecular weight is 309 g/mol. The van der Waals surface area contributed by atoms with E-state index in [1.807, 2.05) is 4.90 Å². The van der Waals surface area contributed by atoms with Crippen molar-refractivity contribution in [3.8, 4) is 0 Å². The Hall–Kier alpha value is -0.810. The molecule has 3 rings (SSSR count). The van der Waals surface area contributed by atoms with Crippen LogP contribution in [0.4, 0.5) is 4.79 Å². The van der Waals surface area contributed by atoms with Crippen molar-refractivity contribution in [2.24, 2.45) is 17.1 Å². The van der Waals surface area contributed by atoms with Gasteiger partial charge in [-0.1, -0.05) is 6.42 Å². The van der Waals surface area contributed by atoms with Crippen LogP contribution in [0.2, 0.25) is 0 Å². The van der Waals surface area contributed by atoms with Gasteiger partial charge in [-0.25, -0.2) is 4.79 Å². The Labute approximate surface area is 133 Å². The number of nitrogens with one attached hydrogen (secondary N) is 1. The number of rotatable bonds is 4. The second kappa shape index (κ2) is 6.75. The molecule has 0 radical (unpaired) electrons. The third-order valence-corrected chi connectivity index (χ3v) is 6.30. The first-order valence-electron chi connectivity index (χ1n) is 8.94. The topological polar surface area (TPSA) is 67.6 Å². The van der Waals surface area contributed by atoms with E-state index in [0.717, 1.165) is 32.0 Å². The molecule has 0 aromatic heterocycles. The Kier molecular flexibility index (Phi) is 4.93. The van der Waals surface area contributed by atoms with Crippen LogP contribution in [0.1, 0.15) is 51.4 Å². The lowest BCUT2D eigenvalue weighted by Crippen LogP contribution is -2.45. The van der Waals surface area contributed by atoms with E-state index < -0.39 is 0 Å². The Morgan fingerprint density at radius 1 is 1.32 bits per heavy atom. The van der Waals surface area contributed by atoms with Crippen molar-refractivity contribution in [2.45, 2.75) is 63.5 Å². The van der Waals surface area contributed by atoms with E-state index in [0.29, 0.717) is 6.10 Å². The monoisotopic (exact) mass is 309 g/mol. The first-order chi connectivity index (χ1) is 10.6. The lowest BCUT2D eigenvalue weighted by molar-refractivity contribution is 0.0556. The predicted molar refractivity (Wildman–Crippen MR) is 86.6 cm³/mol. The van der Waals surface area contributed by atoms with Gasteiger partial charge in [0.05, 0.1) is 6.10 Å². The molecule has 1 spiro atoms. The van der Waals surface area contributed by atoms with Crippen molar-refractivity contribution in [2.75, 3.05) is 26.7 Å². The molecule has 1 aliphatic heterocycles. The van der Waals surface area contributed by atoms with E-state index >= 15 is 0 Å². The average Bonchev–Trinajstić information content (AvgIpc) is 2.86. The number of ether oxygens (including phenoxy) is 1. The summed E-state index contributed by atoms with van der Waals surface area (Å²) in [4.78, 5) is 14.2. The van der Waals surface area contributed by atoms with Crippen LogP contribution in [0, 0.1) is 11.3 Å². The first kappa shape index (κ1) is 16.1. The molecule has 3 aliphatic rings. The van der Waals surface area contributed by atoms with E-state index in [-0.39, 0.29) is 17.5 Å². The summed E-state index contributed by atoms with van der Waals surface area (Å²) in [5.74, 6) is 0.741. The molecule has 1 unspecified atom stereocenters. The summed E-state index contributed by atoms with van der Waals surface area (Å²) in [6, 6.07) is 0.265. The number of nitrogens with zero attached hydrogens (tertiary/aromatic N) is 1. The minimum Gasteiger partial charge on any atom is -0.381 e. The van der Waals surface area contributed by atoms with Gasteiger partial charge in [-0.05, 0) is 50.9 Å². The molecule has 2 aliphatic carbocycles. The van der Waals surface area contributed by atoms with Crippen molar-refractivity contribution in [3.05, 3.63) is 0 Å². The highest BCUT2D eigenvalue weighted by Gasteiger charge is 2.49. The zero-order valence-electron chi connectivity index (χ0n) is 13.9. The number of nitrogens with two attached hydrogens (primary N) is 1. The number of methoxy groups -OCH3 is 1. The van der Waals surface area contributed by atoms with Crippen molar-refractivity contribution in [3.63, 3.8) is 0 Å². The fraction of sp³-hybridized carbons (Fsp3) is 0.941. The molecule has 1 saturated heterocycles. The van der Waals surface area contributed by atoms with Crippen LogP contribution < -0.4 is 11.1 Å². The fourth-order valence-corrected chi connectivity index (χ4v) is 4.46. The van der Waals surface area contributed by atoms with Crippen molar-refractivity contribution in [1.82, 2.24) is 10.2 Å². The SMILES string of the molecule is COC1CCC(CCNC(=O)N2CC(N)C3(CCC3)C2)CC1. The zero-order chi connectivity index (χ0) is 15.6. The van der Waals surface area contributed by atoms with Gasteiger partial charge in [0, 0.05) is 38.2 Å². The molecule has 5 nitrogen and oxygen atoms in total. The predicted octanol–water partition coefficient (Wildman–Crippen LogP) is 2.10. The highest BCUT2D eigenvalue weighted by molar-refractivity contribution is 5.74. The largest absolute Gasteiger partial charge is 0.381 e. The van der Waals surface area contributed by atoms with Crippen LogP contribution in [-0.4, -0.2) is 49.8 Å². The number of hydrogen-bond donors (Lipinski definition) is 2. The number of amides is 2. The maximum Gasteiger partial charge on any atom is 0.317 e. The quantitative estimate of drug-likeness (QED) is 0.836. The van der Waals surface area contributed by atoms with Gasteiger partial charge in [-0.15, -0.1) is 0 Å². The lowest BCUT2D eigenvalue weighted by atomic mass is 9.66. The summed E-state index contributed by atoms with van der Waals surface area (Å²) in [6.45, 7) is 2.38. The van der Waals surface area contributed by atoms with Gasteiger partial charge in [0.2, 0.25) is 0 Å². The van der Waals surface area contributed by atoms with Gasteiger partial charge in [0.25, 0.3) is 0 Å². The molecule has 3 fully saturated rings. The summed E-state index contributed by atoms with van der Waals surface area (Å²) in [5.41, 5.74) is 6.49. The Balaban J connectivity index is 1.35. The highest BCUT2D eigenvalue weighted by Crippen LogP contribution is 2.47. The van der Waals surface area contributed by atoms with E-state index in [2.05, 4.69) is 5.32 Å². The van der Waals surface area contributed by atoms with Gasteiger partial charge in [-0.3, -0.25) is 0 Å². The summed E-state index contributed by atoms with van der Waals surface area (Å²) in [7, 11) is 1.81. The molecule has 2 amide bonds. The normalized spacial score (nSPS) is 33.7. The van der Waals surface area contributed by atoms with E-state index in [9.17, 15) is 4.79 Å². The molecular weight excluding hydrogens is 278 g/mol. The molecule has 2 saturated carbocycles. The van der Waals surface area contributed by atoms with E-state index in [1.54, 1.807) is 7.11 Å². The number of urea groups is 1. The summed E-state index contributed by atoms with van der Waals surface area (Å²) in [6.07, 6.45) is 9.99. The third-order valence-electron chi connectivity index (χ3n) is 6.30. The number of likely N-dealkylation sites (tertiary alicyclic amines) is 1. The number of carbonyl (C=O) groups excluding carboxylic acids is 1. The molecule has 0 aromatic rings. The van der Waals surface area contributed by atoms with Crippen LogP contribution in [0.3, 0.4) is 0 Å². The van der Waals surface area contributed by atoms with Gasteiger partial charge < -0.3 is 20.7 Å². The second-order valence-electron chi connectivity index (χ2n) is 7.60. The Morgan fingerprint density at radius 2 is 2.05 bits per heavy atom. The van der Waals surface area contributed by atoms with Gasteiger partial charge in [0.1, 0.15) is 0 Å². The lowest BCUT2D eigenvalue weighted by Gasteiger charge is -2.41. The van der Waals surface area contributed by atoms with Gasteiger partial charge in [-0.2, -0.15) is 0 Å². The van der Waals surface area contributed by atoms with Crippen LogP contribution in [0.25, 0.3) is 0 Å². The molecule has 5 heteroatoms. The van der Waals surface area contributed by atoms with E-state index in [1.165, 1.54) is 44.9 Å². The van der Waals surface area contributed by atoms with E-state index in [4.69, 9.17) is 10.5 Å². The third kappa shape index (κ3) is 3.25. The minimum atomic E-state index is 0.0878. The standard InChI is InChI=1S/C17H31N3O2/c1-22-14-5-3-13(4-6-14)7-10-19-16(21)20-11-15(18)17(12-20)8-2-9-17/h13-15H,2-12,18H2,1H3,(H,19,21). The molecule has 0 bridgehead atoms. The maximum atomic E-state index is 12.3. The molecule has 126 valence electrons. The fourth-order valence-electron chi connectivity index (χ4n) is 4.46. The second-order valence-corrected chi connectivity index (χ2v) is 7.60. The molecule has 22 heavy (non-hydrogen) atoms. The maximum absolute atomic E-state index is 12.3. The molecule has 3 N–H and O–H groups in total. The number of hydrogen-bond acceptors (Lipinski definition) is 3.